The summed E-state index contributed by atoms with van der Waals surface area (Å²) < 4.78 is 0. The normalized spacial score (nSPS) is 17.1. The van der Waals surface area contributed by atoms with Crippen molar-refractivity contribution in [3.05, 3.63) is 71.7 Å². The van der Waals surface area contributed by atoms with Gasteiger partial charge in [-0.1, -0.05) is 84.9 Å². The van der Waals surface area contributed by atoms with Crippen LogP contribution in [0.2, 0.25) is 0 Å². The Kier molecular flexibility index (Phi) is 6.22. The molecule has 33 heavy (non-hydrogen) atoms. The highest BCUT2D eigenvalue weighted by Crippen LogP contribution is 2.36. The molecule has 1 aromatic carbocycles. The van der Waals surface area contributed by atoms with Crippen LogP contribution in [0.4, 0.5) is 0 Å². The van der Waals surface area contributed by atoms with Crippen molar-refractivity contribution >= 4 is 11.1 Å². The molecule has 4 rings (SSSR count). The van der Waals surface area contributed by atoms with Crippen molar-refractivity contribution in [1.29, 1.82) is 0 Å². The van der Waals surface area contributed by atoms with Gasteiger partial charge in [0.2, 0.25) is 0 Å². The molecule has 1 aliphatic rings. The number of allylic oxidation sites excluding steroid dienone is 4. The molecule has 0 spiro atoms. The highest BCUT2D eigenvalue weighted by Gasteiger charge is 2.21. The molecule has 1 atom stereocenters. The van der Waals surface area contributed by atoms with Gasteiger partial charge in [0.25, 0.3) is 0 Å². The van der Waals surface area contributed by atoms with E-state index in [-0.39, 0.29) is 10.8 Å². The average Bonchev–Trinajstić information content (AvgIpc) is 3.35. The molecule has 0 fully saturated rings. The quantitative estimate of drug-likeness (QED) is 0.430. The third kappa shape index (κ3) is 5.93. The zero-order valence-corrected chi connectivity index (χ0v) is 21.2. The second kappa shape index (κ2) is 8.81. The topological polar surface area (TPSA) is 57.4 Å². The Balaban J connectivity index is 1.49. The van der Waals surface area contributed by atoms with Gasteiger partial charge in [-0.05, 0) is 45.4 Å². The summed E-state index contributed by atoms with van der Waals surface area (Å²) in [7, 11) is 0. The maximum Gasteiger partial charge on any atom is 0.107 e. The molecule has 0 aliphatic heterocycles. The van der Waals surface area contributed by atoms with E-state index in [1.165, 1.54) is 22.3 Å². The van der Waals surface area contributed by atoms with Crippen molar-refractivity contribution in [1.82, 2.24) is 19.9 Å². The lowest BCUT2D eigenvalue weighted by Gasteiger charge is -2.21. The summed E-state index contributed by atoms with van der Waals surface area (Å²) in [5.74, 6) is 2.56. The number of hydrogen-bond donors (Lipinski definition) is 2. The van der Waals surface area contributed by atoms with Crippen LogP contribution in [0.1, 0.15) is 77.8 Å². The van der Waals surface area contributed by atoms with E-state index < -0.39 is 0 Å². The first-order chi connectivity index (χ1) is 15.5. The molecule has 2 N–H and O–H groups in total. The van der Waals surface area contributed by atoms with Gasteiger partial charge < -0.3 is 9.97 Å². The summed E-state index contributed by atoms with van der Waals surface area (Å²) in [5, 5.41) is 0. The van der Waals surface area contributed by atoms with E-state index in [2.05, 4.69) is 105 Å². The summed E-state index contributed by atoms with van der Waals surface area (Å²) in [5.41, 5.74) is 7.86. The van der Waals surface area contributed by atoms with E-state index in [0.29, 0.717) is 5.92 Å². The van der Waals surface area contributed by atoms with Crippen molar-refractivity contribution in [2.75, 3.05) is 0 Å². The number of H-pyrrole nitrogens is 2. The first-order valence-electron chi connectivity index (χ1n) is 12.1. The molecule has 2 heterocycles. The minimum absolute atomic E-state index is 0.222. The van der Waals surface area contributed by atoms with Gasteiger partial charge in [-0.25, -0.2) is 9.97 Å². The lowest BCUT2D eigenvalue weighted by atomic mass is 9.84. The van der Waals surface area contributed by atoms with Gasteiger partial charge in [0.05, 0.1) is 23.8 Å². The molecule has 0 radical (unpaired) electrons. The van der Waals surface area contributed by atoms with Gasteiger partial charge in [-0.3, -0.25) is 0 Å². The molecule has 0 saturated heterocycles. The van der Waals surface area contributed by atoms with Crippen LogP contribution in [0, 0.1) is 16.7 Å². The molecule has 3 aromatic rings. The predicted octanol–water partition coefficient (Wildman–Crippen LogP) is 7.48. The molecule has 4 heteroatoms. The number of aromatic nitrogens is 4. The standard InChI is InChI=1S/C29H38N4/c1-19-14-22(12-13-23(19)25-18-31-27(33-25)16-29(5,6)7)20-8-10-21(11-9-20)24-17-30-26(32-24)15-28(2,3)4/h8-13,17-19H,14-16H2,1-7H3,(H,30,32)(H,31,33). The van der Waals surface area contributed by atoms with E-state index in [4.69, 9.17) is 0 Å². The maximum absolute atomic E-state index is 4.62. The molecular formula is C29H38N4. The van der Waals surface area contributed by atoms with Gasteiger partial charge in [-0.2, -0.15) is 0 Å². The van der Waals surface area contributed by atoms with Crippen molar-refractivity contribution in [2.45, 2.75) is 67.7 Å². The SMILES string of the molecule is CC1CC(c2ccc(-c3cnc(CC(C)(C)C)[nH]3)cc2)=CC=C1c1cnc(CC(C)(C)C)[nH]1. The Morgan fingerprint density at radius 1 is 0.758 bits per heavy atom. The van der Waals surface area contributed by atoms with Gasteiger partial charge >= 0.3 is 0 Å². The molecule has 1 aliphatic carbocycles. The van der Waals surface area contributed by atoms with Crippen LogP contribution in [-0.4, -0.2) is 19.9 Å². The molecule has 0 bridgehead atoms. The van der Waals surface area contributed by atoms with Crippen LogP contribution in [0.15, 0.2) is 48.8 Å². The van der Waals surface area contributed by atoms with E-state index in [0.717, 1.165) is 42.3 Å². The summed E-state index contributed by atoms with van der Waals surface area (Å²) in [6.45, 7) is 15.7. The Morgan fingerprint density at radius 2 is 1.27 bits per heavy atom. The summed E-state index contributed by atoms with van der Waals surface area (Å²) >= 11 is 0. The van der Waals surface area contributed by atoms with Gasteiger partial charge in [-0.15, -0.1) is 0 Å². The third-order valence-electron chi connectivity index (χ3n) is 6.05. The molecule has 0 saturated carbocycles. The van der Waals surface area contributed by atoms with Gasteiger partial charge in [0.15, 0.2) is 0 Å². The first kappa shape index (κ1) is 23.3. The zero-order valence-electron chi connectivity index (χ0n) is 21.2. The van der Waals surface area contributed by atoms with Gasteiger partial charge in [0, 0.05) is 12.8 Å². The van der Waals surface area contributed by atoms with E-state index >= 15 is 0 Å². The predicted molar refractivity (Wildman–Crippen MR) is 139 cm³/mol. The minimum atomic E-state index is 0.222. The zero-order chi connectivity index (χ0) is 23.8. The lowest BCUT2D eigenvalue weighted by molar-refractivity contribution is 0.401. The van der Waals surface area contributed by atoms with Crippen LogP contribution in [0.25, 0.3) is 22.4 Å². The molecule has 4 nitrogen and oxygen atoms in total. The summed E-state index contributed by atoms with van der Waals surface area (Å²) in [6.07, 6.45) is 11.4. The van der Waals surface area contributed by atoms with Crippen molar-refractivity contribution in [3.63, 3.8) is 0 Å². The lowest BCUT2D eigenvalue weighted by Crippen LogP contribution is -2.10. The Bertz CT molecular complexity index is 1160. The number of nitrogens with one attached hydrogen (secondary N) is 2. The van der Waals surface area contributed by atoms with Crippen molar-refractivity contribution < 1.29 is 0 Å². The maximum atomic E-state index is 4.62. The number of imidazole rings is 2. The average molecular weight is 443 g/mol. The molecule has 1 unspecified atom stereocenters. The number of nitrogens with zero attached hydrogens (tertiary/aromatic N) is 2. The molecule has 174 valence electrons. The minimum Gasteiger partial charge on any atom is -0.342 e. The number of benzene rings is 1. The Labute approximate surface area is 198 Å². The van der Waals surface area contributed by atoms with Crippen molar-refractivity contribution in [2.24, 2.45) is 16.7 Å². The third-order valence-corrected chi connectivity index (χ3v) is 6.05. The summed E-state index contributed by atoms with van der Waals surface area (Å²) in [6, 6.07) is 8.85. The number of aromatic amines is 2. The van der Waals surface area contributed by atoms with E-state index in [1.54, 1.807) is 0 Å². The molecule has 2 aromatic heterocycles. The van der Waals surface area contributed by atoms with E-state index in [1.807, 2.05) is 12.4 Å². The second-order valence-corrected chi connectivity index (χ2v) is 12.0. The largest absolute Gasteiger partial charge is 0.342 e. The van der Waals surface area contributed by atoms with Crippen LogP contribution in [0.5, 0.6) is 0 Å². The highest BCUT2D eigenvalue weighted by atomic mass is 14.9. The van der Waals surface area contributed by atoms with Gasteiger partial charge in [0.1, 0.15) is 11.6 Å². The van der Waals surface area contributed by atoms with E-state index in [9.17, 15) is 0 Å². The van der Waals surface area contributed by atoms with Crippen LogP contribution >= 0.6 is 0 Å². The van der Waals surface area contributed by atoms with Crippen LogP contribution in [0.3, 0.4) is 0 Å². The molecular weight excluding hydrogens is 404 g/mol. The fourth-order valence-electron chi connectivity index (χ4n) is 4.50. The molecule has 0 amide bonds. The number of hydrogen-bond acceptors (Lipinski definition) is 2. The van der Waals surface area contributed by atoms with Crippen LogP contribution < -0.4 is 0 Å². The second-order valence-electron chi connectivity index (χ2n) is 12.0. The fraction of sp³-hybridized carbons (Fsp3) is 0.448. The fourth-order valence-corrected chi connectivity index (χ4v) is 4.50. The number of rotatable bonds is 5. The first-order valence-corrected chi connectivity index (χ1v) is 12.1. The van der Waals surface area contributed by atoms with Crippen molar-refractivity contribution in [3.8, 4) is 11.3 Å². The Morgan fingerprint density at radius 3 is 1.82 bits per heavy atom. The van der Waals surface area contributed by atoms with Crippen LogP contribution in [-0.2, 0) is 12.8 Å². The smallest absolute Gasteiger partial charge is 0.107 e. The summed E-state index contributed by atoms with van der Waals surface area (Å²) in [4.78, 5) is 16.2. The monoisotopic (exact) mass is 442 g/mol. The Hall–Kier alpha value is -2.88. The highest BCUT2D eigenvalue weighted by molar-refractivity contribution is 5.79.